The Morgan fingerprint density at radius 3 is 2.67 bits per heavy atom. The number of para-hydroxylation sites is 1. The van der Waals surface area contributed by atoms with Crippen molar-refractivity contribution in [3.8, 4) is 0 Å². The van der Waals surface area contributed by atoms with E-state index in [0.29, 0.717) is 11.7 Å². The Morgan fingerprint density at radius 2 is 2.00 bits per heavy atom. The minimum absolute atomic E-state index is 0.141. The summed E-state index contributed by atoms with van der Waals surface area (Å²) in [5.41, 5.74) is 0.882. The molecule has 1 aromatic carbocycles. The van der Waals surface area contributed by atoms with Crippen LogP contribution in [-0.2, 0) is 4.74 Å². The lowest BCUT2D eigenvalue weighted by Crippen LogP contribution is -2.47. The maximum atomic E-state index is 14.0. The number of halogens is 1. The normalized spacial score (nSPS) is 21.2. The van der Waals surface area contributed by atoms with Crippen LogP contribution in [0.5, 0.6) is 0 Å². The first-order valence-corrected chi connectivity index (χ1v) is 7.95. The third kappa shape index (κ3) is 3.74. The molecule has 1 aromatic rings. The smallest absolute Gasteiger partial charge is 0.146 e. The first-order valence-electron chi connectivity index (χ1n) is 7.95. The first kappa shape index (κ1) is 14.8. The van der Waals surface area contributed by atoms with Gasteiger partial charge in [-0.3, -0.25) is 0 Å². The molecule has 1 aliphatic heterocycles. The average Bonchev–Trinajstić information content (AvgIpc) is 3.31. The molecule has 116 valence electrons. The molecule has 1 saturated carbocycles. The largest absolute Gasteiger partial charge is 0.381 e. The zero-order chi connectivity index (χ0) is 14.7. The van der Waals surface area contributed by atoms with E-state index < -0.39 is 0 Å². The molecule has 21 heavy (non-hydrogen) atoms. The van der Waals surface area contributed by atoms with Crippen LogP contribution in [0.3, 0.4) is 0 Å². The van der Waals surface area contributed by atoms with E-state index >= 15 is 0 Å². The monoisotopic (exact) mass is 292 g/mol. The second-order valence-electron chi connectivity index (χ2n) is 6.58. The quantitative estimate of drug-likeness (QED) is 0.872. The third-order valence-electron chi connectivity index (χ3n) is 4.73. The molecule has 0 aromatic heterocycles. The van der Waals surface area contributed by atoms with Gasteiger partial charge < -0.3 is 15.0 Å². The van der Waals surface area contributed by atoms with Crippen LogP contribution in [0.25, 0.3) is 0 Å². The predicted molar refractivity (Wildman–Crippen MR) is 83.2 cm³/mol. The molecular formula is C17H25FN2O. The standard InChI is InChI=1S/C17H25FN2O/c1-20(16-5-3-2-4-15(16)18)13-17(8-10-21-11-9-17)12-19-14-6-7-14/h2-5,14,19H,6-13H2,1H3. The Morgan fingerprint density at radius 1 is 1.29 bits per heavy atom. The Balaban J connectivity index is 1.69. The summed E-state index contributed by atoms with van der Waals surface area (Å²) >= 11 is 0. The van der Waals surface area contributed by atoms with Gasteiger partial charge in [0.1, 0.15) is 5.82 Å². The van der Waals surface area contributed by atoms with Crippen molar-refractivity contribution in [2.75, 3.05) is 38.3 Å². The Hall–Kier alpha value is -1.13. The van der Waals surface area contributed by atoms with Gasteiger partial charge in [0, 0.05) is 44.8 Å². The number of anilines is 1. The minimum Gasteiger partial charge on any atom is -0.381 e. The molecule has 3 nitrogen and oxygen atoms in total. The lowest BCUT2D eigenvalue weighted by Gasteiger charge is -2.41. The Labute approximate surface area is 126 Å². The second-order valence-corrected chi connectivity index (χ2v) is 6.58. The number of benzene rings is 1. The van der Waals surface area contributed by atoms with Crippen LogP contribution in [-0.4, -0.2) is 39.4 Å². The summed E-state index contributed by atoms with van der Waals surface area (Å²) in [4.78, 5) is 2.06. The van der Waals surface area contributed by atoms with Crippen LogP contribution in [0.2, 0.25) is 0 Å². The number of nitrogens with one attached hydrogen (secondary N) is 1. The van der Waals surface area contributed by atoms with Crippen molar-refractivity contribution < 1.29 is 9.13 Å². The molecule has 0 radical (unpaired) electrons. The maximum absolute atomic E-state index is 14.0. The summed E-state index contributed by atoms with van der Waals surface area (Å²) in [6.07, 6.45) is 4.70. The third-order valence-corrected chi connectivity index (χ3v) is 4.73. The van der Waals surface area contributed by atoms with Gasteiger partial charge in [0.25, 0.3) is 0 Å². The fourth-order valence-electron chi connectivity index (χ4n) is 3.19. The van der Waals surface area contributed by atoms with Gasteiger partial charge in [-0.05, 0) is 37.8 Å². The molecule has 0 unspecified atom stereocenters. The van der Waals surface area contributed by atoms with E-state index in [1.54, 1.807) is 6.07 Å². The fourth-order valence-corrected chi connectivity index (χ4v) is 3.19. The number of ether oxygens (including phenoxy) is 1. The van der Waals surface area contributed by atoms with E-state index in [4.69, 9.17) is 4.74 Å². The lowest BCUT2D eigenvalue weighted by molar-refractivity contribution is 0.0186. The highest BCUT2D eigenvalue weighted by Crippen LogP contribution is 2.34. The summed E-state index contributed by atoms with van der Waals surface area (Å²) in [5, 5.41) is 3.66. The molecule has 1 aliphatic carbocycles. The summed E-state index contributed by atoms with van der Waals surface area (Å²) in [6, 6.07) is 7.74. The number of nitrogens with zero attached hydrogens (tertiary/aromatic N) is 1. The van der Waals surface area contributed by atoms with Crippen LogP contribution in [0.4, 0.5) is 10.1 Å². The second kappa shape index (κ2) is 6.32. The molecule has 1 heterocycles. The summed E-state index contributed by atoms with van der Waals surface area (Å²) in [6.45, 7) is 3.52. The van der Waals surface area contributed by atoms with E-state index in [1.807, 2.05) is 19.2 Å². The highest BCUT2D eigenvalue weighted by molar-refractivity contribution is 5.47. The number of hydrogen-bond donors (Lipinski definition) is 1. The topological polar surface area (TPSA) is 24.5 Å². The van der Waals surface area contributed by atoms with Gasteiger partial charge in [-0.25, -0.2) is 4.39 Å². The summed E-state index contributed by atoms with van der Waals surface area (Å²) in [7, 11) is 1.99. The molecule has 2 aliphatic rings. The molecular weight excluding hydrogens is 267 g/mol. The van der Waals surface area contributed by atoms with Crippen molar-refractivity contribution in [3.05, 3.63) is 30.1 Å². The Bertz CT molecular complexity index is 470. The molecule has 0 bridgehead atoms. The fraction of sp³-hybridized carbons (Fsp3) is 0.647. The highest BCUT2D eigenvalue weighted by atomic mass is 19.1. The van der Waals surface area contributed by atoms with Crippen molar-refractivity contribution in [2.24, 2.45) is 5.41 Å². The van der Waals surface area contributed by atoms with E-state index in [1.165, 1.54) is 18.9 Å². The number of hydrogen-bond acceptors (Lipinski definition) is 3. The first-order chi connectivity index (χ1) is 10.2. The van der Waals surface area contributed by atoms with E-state index in [9.17, 15) is 4.39 Å². The maximum Gasteiger partial charge on any atom is 0.146 e. The Kier molecular flexibility index (Phi) is 4.45. The molecule has 0 atom stereocenters. The molecule has 0 amide bonds. The zero-order valence-electron chi connectivity index (χ0n) is 12.8. The lowest BCUT2D eigenvalue weighted by atomic mass is 9.79. The molecule has 1 N–H and O–H groups in total. The highest BCUT2D eigenvalue weighted by Gasteiger charge is 2.36. The van der Waals surface area contributed by atoms with Gasteiger partial charge in [0.2, 0.25) is 0 Å². The van der Waals surface area contributed by atoms with Crippen molar-refractivity contribution >= 4 is 5.69 Å². The predicted octanol–water partition coefficient (Wildman–Crippen LogP) is 2.81. The van der Waals surface area contributed by atoms with Crippen molar-refractivity contribution in [2.45, 2.75) is 31.7 Å². The molecule has 0 spiro atoms. The molecule has 2 fully saturated rings. The molecule has 3 rings (SSSR count). The van der Waals surface area contributed by atoms with E-state index in [2.05, 4.69) is 10.2 Å². The van der Waals surface area contributed by atoms with Gasteiger partial charge in [-0.2, -0.15) is 0 Å². The van der Waals surface area contributed by atoms with Crippen molar-refractivity contribution in [1.29, 1.82) is 0 Å². The zero-order valence-corrected chi connectivity index (χ0v) is 12.8. The van der Waals surface area contributed by atoms with Crippen LogP contribution in [0.1, 0.15) is 25.7 Å². The molecule has 4 heteroatoms. The van der Waals surface area contributed by atoms with Crippen LogP contribution in [0.15, 0.2) is 24.3 Å². The SMILES string of the molecule is CN(CC1(CNC2CC2)CCOCC1)c1ccccc1F. The summed E-state index contributed by atoms with van der Waals surface area (Å²) in [5.74, 6) is -0.141. The van der Waals surface area contributed by atoms with Gasteiger partial charge in [-0.1, -0.05) is 12.1 Å². The van der Waals surface area contributed by atoms with Crippen molar-refractivity contribution in [1.82, 2.24) is 5.32 Å². The van der Waals surface area contributed by atoms with E-state index in [0.717, 1.165) is 39.1 Å². The summed E-state index contributed by atoms with van der Waals surface area (Å²) < 4.78 is 19.5. The van der Waals surface area contributed by atoms with Crippen molar-refractivity contribution in [3.63, 3.8) is 0 Å². The average molecular weight is 292 g/mol. The van der Waals surface area contributed by atoms with E-state index in [-0.39, 0.29) is 11.2 Å². The van der Waals surface area contributed by atoms with Gasteiger partial charge in [-0.15, -0.1) is 0 Å². The van der Waals surface area contributed by atoms with Gasteiger partial charge in [0.05, 0.1) is 5.69 Å². The van der Waals surface area contributed by atoms with Crippen LogP contribution >= 0.6 is 0 Å². The minimum atomic E-state index is -0.141. The van der Waals surface area contributed by atoms with Gasteiger partial charge >= 0.3 is 0 Å². The van der Waals surface area contributed by atoms with Gasteiger partial charge in [0.15, 0.2) is 0 Å². The number of rotatable bonds is 6. The van der Waals surface area contributed by atoms with Crippen LogP contribution < -0.4 is 10.2 Å². The van der Waals surface area contributed by atoms with Crippen LogP contribution in [0, 0.1) is 11.2 Å². The molecule has 1 saturated heterocycles.